The lowest BCUT2D eigenvalue weighted by atomic mass is 10.1. The van der Waals surface area contributed by atoms with Crippen LogP contribution in [0.3, 0.4) is 0 Å². The third-order valence-corrected chi connectivity index (χ3v) is 3.88. The van der Waals surface area contributed by atoms with E-state index in [-0.39, 0.29) is 12.4 Å². The third kappa shape index (κ3) is 16.2. The summed E-state index contributed by atoms with van der Waals surface area (Å²) in [6, 6.07) is 0. The second kappa shape index (κ2) is 15.6. The van der Waals surface area contributed by atoms with Gasteiger partial charge in [-0.3, -0.25) is 0 Å². The molecule has 0 aliphatic rings. The zero-order chi connectivity index (χ0) is 14.4. The average molecular weight is 310 g/mol. The van der Waals surface area contributed by atoms with Gasteiger partial charge in [0.25, 0.3) is 0 Å². The summed E-state index contributed by atoms with van der Waals surface area (Å²) in [5, 5.41) is 18.8. The van der Waals surface area contributed by atoms with Crippen molar-refractivity contribution in [3.05, 3.63) is 0 Å². The molecule has 4 heteroatoms. The smallest absolute Gasteiger partial charge is 0.142 e. The molecule has 0 aromatic rings. The van der Waals surface area contributed by atoms with Crippen LogP contribution in [0.5, 0.6) is 0 Å². The van der Waals surface area contributed by atoms with E-state index >= 15 is 0 Å². The number of nitrogens with zero attached hydrogens (tertiary/aromatic N) is 1. The first kappa shape index (κ1) is 22.5. The topological polar surface area (TPSA) is 40.5 Å². The first-order chi connectivity index (χ1) is 9.12. The van der Waals surface area contributed by atoms with Crippen LogP contribution in [0, 0.1) is 0 Å². The molecule has 0 amide bonds. The third-order valence-electron chi connectivity index (χ3n) is 3.88. The van der Waals surface area contributed by atoms with E-state index in [9.17, 15) is 10.4 Å². The first-order valence-corrected chi connectivity index (χ1v) is 8.45. The first-order valence-electron chi connectivity index (χ1n) is 8.45. The highest BCUT2D eigenvalue weighted by Crippen LogP contribution is 2.12. The van der Waals surface area contributed by atoms with Gasteiger partial charge in [-0.15, -0.1) is 0 Å². The van der Waals surface area contributed by atoms with Crippen molar-refractivity contribution < 1.29 is 27.6 Å². The zero-order valence-electron chi connectivity index (χ0n) is 13.6. The number of halogens is 1. The highest BCUT2D eigenvalue weighted by Gasteiger charge is 2.17. The molecule has 0 rings (SSSR count). The lowest BCUT2D eigenvalue weighted by molar-refractivity contribution is -1.24. The van der Waals surface area contributed by atoms with Gasteiger partial charge in [-0.25, -0.2) is 0 Å². The number of rotatable bonds is 14. The van der Waals surface area contributed by atoms with Crippen LogP contribution in [0.15, 0.2) is 0 Å². The Bertz CT molecular complexity index is 189. The summed E-state index contributed by atoms with van der Waals surface area (Å²) < 4.78 is 0. The van der Waals surface area contributed by atoms with Crippen LogP contribution >= 0.6 is 0 Å². The summed E-state index contributed by atoms with van der Waals surface area (Å²) in [4.78, 5) is -0.808. The van der Waals surface area contributed by atoms with Gasteiger partial charge in [0.15, 0.2) is 0 Å². The summed E-state index contributed by atoms with van der Waals surface area (Å²) >= 11 is 0. The van der Waals surface area contributed by atoms with E-state index in [1.807, 2.05) is 0 Å². The molecule has 0 bridgehead atoms. The molecule has 20 heavy (non-hydrogen) atoms. The van der Waals surface area contributed by atoms with E-state index in [1.54, 1.807) is 6.92 Å². The molecular weight excluding hydrogens is 274 g/mol. The predicted molar refractivity (Wildman–Crippen MR) is 80.3 cm³/mol. The van der Waals surface area contributed by atoms with E-state index in [1.165, 1.54) is 64.2 Å². The van der Waals surface area contributed by atoms with E-state index in [0.29, 0.717) is 13.1 Å². The van der Waals surface area contributed by atoms with Crippen molar-refractivity contribution in [3.63, 3.8) is 0 Å². The van der Waals surface area contributed by atoms with Gasteiger partial charge < -0.3 is 12.4 Å². The van der Waals surface area contributed by atoms with Crippen LogP contribution in [-0.4, -0.2) is 28.3 Å². The van der Waals surface area contributed by atoms with E-state index in [2.05, 4.69) is 6.92 Å². The van der Waals surface area contributed by atoms with Crippen LogP contribution in [0.1, 0.15) is 90.9 Å². The average Bonchev–Trinajstić information content (AvgIpc) is 2.40. The van der Waals surface area contributed by atoms with Gasteiger partial charge in [0.2, 0.25) is 0 Å². The van der Waals surface area contributed by atoms with Crippen molar-refractivity contribution in [3.8, 4) is 0 Å². The second-order valence-electron chi connectivity index (χ2n) is 5.81. The van der Waals surface area contributed by atoms with Gasteiger partial charge in [-0.1, -0.05) is 71.1 Å². The minimum atomic E-state index is -0.808. The van der Waals surface area contributed by atoms with Crippen LogP contribution in [0.4, 0.5) is 0 Å². The SMILES string of the molecule is CCCCCCCCCCCCCC[N+](O)(O)CC.[Cl-]. The van der Waals surface area contributed by atoms with Gasteiger partial charge >= 0.3 is 0 Å². The van der Waals surface area contributed by atoms with Gasteiger partial charge in [-0.2, -0.15) is 10.4 Å². The minimum Gasteiger partial charge on any atom is -1.00 e. The fraction of sp³-hybridized carbons (Fsp3) is 1.00. The monoisotopic (exact) mass is 309 g/mol. The molecule has 0 radical (unpaired) electrons. The molecule has 124 valence electrons. The quantitative estimate of drug-likeness (QED) is 0.294. The molecule has 0 aromatic heterocycles. The number of hydroxylamine groups is 4. The molecule has 0 aromatic carbocycles. The van der Waals surface area contributed by atoms with Crippen molar-refractivity contribution in [1.82, 2.24) is 0 Å². The van der Waals surface area contributed by atoms with Crippen molar-refractivity contribution in [2.45, 2.75) is 90.9 Å². The Labute approximate surface area is 132 Å². The highest BCUT2D eigenvalue weighted by molar-refractivity contribution is 4.48. The number of unbranched alkanes of at least 4 members (excludes halogenated alkanes) is 11. The predicted octanol–water partition coefficient (Wildman–Crippen LogP) is 2.31. The maximum Gasteiger partial charge on any atom is 0.142 e. The molecule has 0 saturated heterocycles. The molecule has 0 atom stereocenters. The number of hydrogen-bond donors (Lipinski definition) is 2. The van der Waals surface area contributed by atoms with Crippen LogP contribution in [0.2, 0.25) is 0 Å². The van der Waals surface area contributed by atoms with Gasteiger partial charge in [-0.05, 0) is 18.2 Å². The number of hydrogen-bond acceptors (Lipinski definition) is 2. The van der Waals surface area contributed by atoms with Crippen molar-refractivity contribution >= 4 is 0 Å². The zero-order valence-corrected chi connectivity index (χ0v) is 14.4. The van der Waals surface area contributed by atoms with E-state index in [0.717, 1.165) is 12.8 Å². The Kier molecular flexibility index (Phi) is 17.5. The van der Waals surface area contributed by atoms with Gasteiger partial charge in [0, 0.05) is 6.42 Å². The minimum absolute atomic E-state index is 0. The molecule has 0 fully saturated rings. The molecule has 0 unspecified atom stereocenters. The summed E-state index contributed by atoms with van der Waals surface area (Å²) in [6.45, 7) is 4.89. The molecule has 0 spiro atoms. The fourth-order valence-electron chi connectivity index (χ4n) is 2.36. The lowest BCUT2D eigenvalue weighted by Gasteiger charge is -2.18. The maximum atomic E-state index is 9.38. The molecule has 3 nitrogen and oxygen atoms in total. The Hall–Kier alpha value is 0.170. The Morgan fingerprint density at radius 2 is 0.950 bits per heavy atom. The van der Waals surface area contributed by atoms with Crippen LogP contribution in [0.25, 0.3) is 0 Å². The number of quaternary nitrogens is 1. The van der Waals surface area contributed by atoms with Crippen molar-refractivity contribution in [1.29, 1.82) is 0 Å². The summed E-state index contributed by atoms with van der Waals surface area (Å²) in [5.74, 6) is 0. The standard InChI is InChI=1S/C16H36NO2.ClH/c1-3-5-6-7-8-9-10-11-12-13-14-15-16-17(18,19)4-2;/h18-19H,3-16H2,1-2H3;1H/q+1;/p-1. The Morgan fingerprint density at radius 3 is 1.30 bits per heavy atom. The van der Waals surface area contributed by atoms with Crippen LogP contribution < -0.4 is 12.4 Å². The normalized spacial score (nSPS) is 11.4. The maximum absolute atomic E-state index is 9.38. The Morgan fingerprint density at radius 1 is 0.600 bits per heavy atom. The van der Waals surface area contributed by atoms with Gasteiger partial charge in [0.05, 0.1) is 0 Å². The summed E-state index contributed by atoms with van der Waals surface area (Å²) in [7, 11) is 0. The van der Waals surface area contributed by atoms with E-state index < -0.39 is 4.81 Å². The van der Waals surface area contributed by atoms with Crippen molar-refractivity contribution in [2.75, 3.05) is 13.1 Å². The molecular formula is C16H36ClNO2. The largest absolute Gasteiger partial charge is 1.00 e. The van der Waals surface area contributed by atoms with Gasteiger partial charge in [0.1, 0.15) is 13.1 Å². The second-order valence-corrected chi connectivity index (χ2v) is 5.81. The summed E-state index contributed by atoms with van der Waals surface area (Å²) in [6.07, 6.45) is 15.7. The highest BCUT2D eigenvalue weighted by atomic mass is 35.5. The molecule has 0 aliphatic heterocycles. The Balaban J connectivity index is 0. The molecule has 0 heterocycles. The summed E-state index contributed by atoms with van der Waals surface area (Å²) in [5.41, 5.74) is 0. The lowest BCUT2D eigenvalue weighted by Crippen LogP contribution is -3.00. The molecule has 0 saturated carbocycles. The van der Waals surface area contributed by atoms with Crippen LogP contribution in [-0.2, 0) is 0 Å². The van der Waals surface area contributed by atoms with E-state index in [4.69, 9.17) is 0 Å². The molecule has 0 aliphatic carbocycles. The van der Waals surface area contributed by atoms with Crippen molar-refractivity contribution in [2.24, 2.45) is 0 Å². The fourth-order valence-corrected chi connectivity index (χ4v) is 2.36. The molecule has 2 N–H and O–H groups in total.